The van der Waals surface area contributed by atoms with E-state index in [1.54, 1.807) is 4.57 Å². The zero-order valence-corrected chi connectivity index (χ0v) is 18.7. The van der Waals surface area contributed by atoms with E-state index in [-0.39, 0.29) is 17.3 Å². The third-order valence-corrected chi connectivity index (χ3v) is 6.44. The smallest absolute Gasteiger partial charge is 0.289 e. The first-order valence-corrected chi connectivity index (χ1v) is 11.4. The van der Waals surface area contributed by atoms with E-state index in [4.69, 9.17) is 4.98 Å². The van der Waals surface area contributed by atoms with E-state index >= 15 is 0 Å². The van der Waals surface area contributed by atoms with Crippen LogP contribution in [0.1, 0.15) is 42.3 Å². The van der Waals surface area contributed by atoms with E-state index in [9.17, 15) is 9.59 Å². The van der Waals surface area contributed by atoms with E-state index in [0.717, 1.165) is 49.3 Å². The standard InChI is InChI=1S/C26H27N5O2/c1-29-25(32)21-13-14-22(23-12-6-8-16-30(23)18-20-11-5-7-15-27-20)28-24(21)31(26(29)33)17-19-9-3-2-4-10-19/h2-5,7,9-11,13-15,23H,6,8,12,16-18H2,1H3. The molecule has 0 spiro atoms. The molecule has 0 bridgehead atoms. The first-order chi connectivity index (χ1) is 16.1. The van der Waals surface area contributed by atoms with Gasteiger partial charge in [0.1, 0.15) is 5.65 Å². The maximum Gasteiger partial charge on any atom is 0.332 e. The van der Waals surface area contributed by atoms with Gasteiger partial charge >= 0.3 is 5.69 Å². The lowest BCUT2D eigenvalue weighted by Gasteiger charge is -2.35. The normalized spacial score (nSPS) is 16.8. The van der Waals surface area contributed by atoms with Crippen LogP contribution >= 0.6 is 0 Å². The molecule has 1 unspecified atom stereocenters. The first-order valence-electron chi connectivity index (χ1n) is 11.4. The second kappa shape index (κ2) is 9.11. The summed E-state index contributed by atoms with van der Waals surface area (Å²) >= 11 is 0. The van der Waals surface area contributed by atoms with Crippen LogP contribution in [0.2, 0.25) is 0 Å². The number of likely N-dealkylation sites (tertiary alicyclic amines) is 1. The van der Waals surface area contributed by atoms with Crippen molar-refractivity contribution in [2.75, 3.05) is 6.54 Å². The molecule has 1 aromatic carbocycles. The molecule has 1 atom stereocenters. The van der Waals surface area contributed by atoms with Gasteiger partial charge in [-0.05, 0) is 49.2 Å². The van der Waals surface area contributed by atoms with Crippen molar-refractivity contribution in [2.24, 2.45) is 7.05 Å². The minimum Gasteiger partial charge on any atom is -0.289 e. The fourth-order valence-electron chi connectivity index (χ4n) is 4.68. The Hall–Kier alpha value is -3.58. The molecule has 0 N–H and O–H groups in total. The summed E-state index contributed by atoms with van der Waals surface area (Å²) in [5.41, 5.74) is 2.70. The number of nitrogens with zero attached hydrogens (tertiary/aromatic N) is 5. The molecular weight excluding hydrogens is 414 g/mol. The third kappa shape index (κ3) is 4.24. The van der Waals surface area contributed by atoms with Crippen molar-refractivity contribution in [3.8, 4) is 0 Å². The Balaban J connectivity index is 1.59. The van der Waals surface area contributed by atoms with Crippen LogP contribution in [0.4, 0.5) is 0 Å². The highest BCUT2D eigenvalue weighted by Crippen LogP contribution is 2.31. The van der Waals surface area contributed by atoms with Crippen molar-refractivity contribution in [3.63, 3.8) is 0 Å². The predicted molar refractivity (Wildman–Crippen MR) is 128 cm³/mol. The van der Waals surface area contributed by atoms with Crippen LogP contribution in [0, 0.1) is 0 Å². The summed E-state index contributed by atoms with van der Waals surface area (Å²) < 4.78 is 2.78. The number of aromatic nitrogens is 4. The summed E-state index contributed by atoms with van der Waals surface area (Å²) in [5, 5.41) is 0.462. The second-order valence-corrected chi connectivity index (χ2v) is 8.63. The quantitative estimate of drug-likeness (QED) is 0.475. The van der Waals surface area contributed by atoms with Gasteiger partial charge in [0.25, 0.3) is 5.56 Å². The Kier molecular flexibility index (Phi) is 5.88. The van der Waals surface area contributed by atoms with E-state index in [1.165, 1.54) is 11.6 Å². The molecule has 33 heavy (non-hydrogen) atoms. The molecule has 5 rings (SSSR count). The lowest BCUT2D eigenvalue weighted by Crippen LogP contribution is -2.39. The van der Waals surface area contributed by atoms with Crippen LogP contribution < -0.4 is 11.2 Å². The molecule has 1 aliphatic rings. The zero-order chi connectivity index (χ0) is 22.8. The molecule has 4 heterocycles. The molecule has 4 aromatic rings. The van der Waals surface area contributed by atoms with Gasteiger partial charge in [0.15, 0.2) is 0 Å². The van der Waals surface area contributed by atoms with Gasteiger partial charge in [0.2, 0.25) is 0 Å². The van der Waals surface area contributed by atoms with E-state index in [0.29, 0.717) is 17.6 Å². The van der Waals surface area contributed by atoms with Gasteiger partial charge < -0.3 is 0 Å². The van der Waals surface area contributed by atoms with Crippen LogP contribution in [-0.2, 0) is 20.1 Å². The third-order valence-electron chi connectivity index (χ3n) is 6.44. The summed E-state index contributed by atoms with van der Waals surface area (Å²) in [6.45, 7) is 2.08. The number of benzene rings is 1. The van der Waals surface area contributed by atoms with Crippen LogP contribution in [-0.4, -0.2) is 30.5 Å². The van der Waals surface area contributed by atoms with E-state index < -0.39 is 0 Å². The molecule has 0 aliphatic carbocycles. The molecule has 1 aliphatic heterocycles. The Morgan fingerprint density at radius 1 is 0.939 bits per heavy atom. The SMILES string of the molecule is Cn1c(=O)c2ccc(C3CCCCN3Cc3ccccn3)nc2n(Cc2ccccc2)c1=O. The Morgan fingerprint density at radius 2 is 1.76 bits per heavy atom. The molecule has 1 saturated heterocycles. The average molecular weight is 442 g/mol. The Labute approximate surface area is 192 Å². The van der Waals surface area contributed by atoms with Crippen LogP contribution in [0.15, 0.2) is 76.4 Å². The predicted octanol–water partition coefficient (Wildman–Crippen LogP) is 3.27. The molecule has 0 amide bonds. The summed E-state index contributed by atoms with van der Waals surface area (Å²) in [6, 6.07) is 19.7. The number of hydrogen-bond acceptors (Lipinski definition) is 5. The molecule has 3 aromatic heterocycles. The van der Waals surface area contributed by atoms with Gasteiger partial charge in [0, 0.05) is 19.8 Å². The van der Waals surface area contributed by atoms with Gasteiger partial charge in [-0.15, -0.1) is 0 Å². The van der Waals surface area contributed by atoms with Crippen molar-refractivity contribution in [3.05, 3.63) is 105 Å². The first kappa shape index (κ1) is 21.3. The van der Waals surface area contributed by atoms with Gasteiger partial charge in [-0.2, -0.15) is 0 Å². The maximum absolute atomic E-state index is 13.1. The zero-order valence-electron chi connectivity index (χ0n) is 18.7. The Bertz CT molecular complexity index is 1380. The number of piperidine rings is 1. The average Bonchev–Trinajstić information content (AvgIpc) is 2.86. The van der Waals surface area contributed by atoms with Gasteiger partial charge in [-0.25, -0.2) is 9.78 Å². The molecular formula is C26H27N5O2. The lowest BCUT2D eigenvalue weighted by atomic mass is 9.98. The summed E-state index contributed by atoms with van der Waals surface area (Å²) in [5.74, 6) is 0. The highest BCUT2D eigenvalue weighted by Gasteiger charge is 2.26. The lowest BCUT2D eigenvalue weighted by molar-refractivity contribution is 0.136. The fraction of sp³-hybridized carbons (Fsp3) is 0.308. The van der Waals surface area contributed by atoms with Crippen molar-refractivity contribution < 1.29 is 0 Å². The fourth-order valence-corrected chi connectivity index (χ4v) is 4.68. The van der Waals surface area contributed by atoms with Gasteiger partial charge in [-0.3, -0.25) is 23.8 Å². The van der Waals surface area contributed by atoms with Crippen molar-refractivity contribution in [2.45, 2.75) is 38.4 Å². The number of fused-ring (bicyclic) bond motifs is 1. The monoisotopic (exact) mass is 441 g/mol. The second-order valence-electron chi connectivity index (χ2n) is 8.63. The maximum atomic E-state index is 13.1. The number of rotatable bonds is 5. The largest absolute Gasteiger partial charge is 0.332 e. The highest BCUT2D eigenvalue weighted by atomic mass is 16.2. The van der Waals surface area contributed by atoms with Gasteiger partial charge in [0.05, 0.1) is 29.4 Å². The molecule has 7 heteroatoms. The molecule has 7 nitrogen and oxygen atoms in total. The molecule has 0 saturated carbocycles. The van der Waals surface area contributed by atoms with Crippen LogP contribution in [0.5, 0.6) is 0 Å². The van der Waals surface area contributed by atoms with Crippen molar-refractivity contribution >= 4 is 11.0 Å². The van der Waals surface area contributed by atoms with Crippen LogP contribution in [0.25, 0.3) is 11.0 Å². The summed E-state index contributed by atoms with van der Waals surface area (Å²) in [6.07, 6.45) is 5.06. The van der Waals surface area contributed by atoms with Crippen LogP contribution in [0.3, 0.4) is 0 Å². The summed E-state index contributed by atoms with van der Waals surface area (Å²) in [4.78, 5) is 37.7. The topological polar surface area (TPSA) is 73.0 Å². The van der Waals surface area contributed by atoms with E-state index in [1.807, 2.05) is 66.9 Å². The van der Waals surface area contributed by atoms with Crippen molar-refractivity contribution in [1.82, 2.24) is 24.0 Å². The molecule has 0 radical (unpaired) electrons. The Morgan fingerprint density at radius 3 is 2.55 bits per heavy atom. The van der Waals surface area contributed by atoms with E-state index in [2.05, 4.69) is 9.88 Å². The van der Waals surface area contributed by atoms with Crippen molar-refractivity contribution in [1.29, 1.82) is 0 Å². The molecule has 1 fully saturated rings. The van der Waals surface area contributed by atoms with Gasteiger partial charge in [-0.1, -0.05) is 42.8 Å². The number of hydrogen-bond donors (Lipinski definition) is 0. The minimum atomic E-state index is -0.352. The minimum absolute atomic E-state index is 0.120. The highest BCUT2D eigenvalue weighted by molar-refractivity contribution is 5.74. The summed E-state index contributed by atoms with van der Waals surface area (Å²) in [7, 11) is 1.52. The number of pyridine rings is 2. The molecule has 168 valence electrons.